The summed E-state index contributed by atoms with van der Waals surface area (Å²) in [6.07, 6.45) is 0. The second kappa shape index (κ2) is 6.93. The van der Waals surface area contributed by atoms with Gasteiger partial charge >= 0.3 is 0 Å². The third-order valence-electron chi connectivity index (χ3n) is 3.91. The molecule has 0 saturated heterocycles. The van der Waals surface area contributed by atoms with E-state index in [9.17, 15) is 13.5 Å². The number of rotatable bonds is 6. The van der Waals surface area contributed by atoms with Crippen LogP contribution in [0, 0.1) is 12.3 Å². The average Bonchev–Trinajstić information content (AvgIpc) is 2.56. The average molecular weight is 348 g/mol. The predicted molar refractivity (Wildman–Crippen MR) is 97.1 cm³/mol. The Morgan fingerprint density at radius 3 is 2.33 bits per heavy atom. The maximum absolute atomic E-state index is 12.4. The summed E-state index contributed by atoms with van der Waals surface area (Å²) in [4.78, 5) is 0.196. The van der Waals surface area contributed by atoms with Crippen molar-refractivity contribution >= 4 is 15.7 Å². The van der Waals surface area contributed by atoms with Gasteiger partial charge in [-0.25, -0.2) is 13.1 Å². The topological polar surface area (TPSA) is 92.4 Å². The van der Waals surface area contributed by atoms with E-state index in [0.717, 1.165) is 16.7 Å². The molecule has 24 heavy (non-hydrogen) atoms. The van der Waals surface area contributed by atoms with Gasteiger partial charge in [-0.1, -0.05) is 32.0 Å². The Morgan fingerprint density at radius 2 is 1.75 bits per heavy atom. The fourth-order valence-electron chi connectivity index (χ4n) is 2.19. The van der Waals surface area contributed by atoms with Crippen LogP contribution >= 0.6 is 0 Å². The molecule has 0 radical (unpaired) electrons. The van der Waals surface area contributed by atoms with Gasteiger partial charge in [0.2, 0.25) is 10.0 Å². The number of hydrogen-bond donors (Lipinski definition) is 3. The lowest BCUT2D eigenvalue weighted by atomic mass is 9.96. The van der Waals surface area contributed by atoms with Crippen molar-refractivity contribution in [2.24, 2.45) is 5.41 Å². The van der Waals surface area contributed by atoms with Crippen LogP contribution in [0.3, 0.4) is 0 Å². The zero-order valence-electron chi connectivity index (χ0n) is 14.2. The highest BCUT2D eigenvalue weighted by atomic mass is 32.2. The van der Waals surface area contributed by atoms with Crippen molar-refractivity contribution in [3.63, 3.8) is 0 Å². The first-order valence-corrected chi connectivity index (χ1v) is 9.20. The molecule has 0 aliphatic heterocycles. The third kappa shape index (κ3) is 4.35. The summed E-state index contributed by atoms with van der Waals surface area (Å²) >= 11 is 0. The van der Waals surface area contributed by atoms with Gasteiger partial charge in [-0.05, 0) is 47.9 Å². The summed E-state index contributed by atoms with van der Waals surface area (Å²) in [5.74, 6) is 0. The van der Waals surface area contributed by atoms with Crippen LogP contribution in [-0.2, 0) is 10.0 Å². The number of aliphatic hydroxyl groups is 1. The van der Waals surface area contributed by atoms with E-state index in [0.29, 0.717) is 5.69 Å². The van der Waals surface area contributed by atoms with Crippen molar-refractivity contribution < 1.29 is 13.5 Å². The van der Waals surface area contributed by atoms with Gasteiger partial charge in [0.15, 0.2) is 0 Å². The SMILES string of the molecule is Cc1ccc(N)cc1-c1ccc(S(=O)(=O)NCC(C)(C)CO)cc1. The van der Waals surface area contributed by atoms with Crippen LogP contribution < -0.4 is 10.5 Å². The van der Waals surface area contributed by atoms with Crippen molar-refractivity contribution in [1.29, 1.82) is 0 Å². The maximum atomic E-state index is 12.4. The van der Waals surface area contributed by atoms with Crippen LogP contribution in [-0.4, -0.2) is 26.7 Å². The van der Waals surface area contributed by atoms with E-state index >= 15 is 0 Å². The molecule has 130 valence electrons. The zero-order chi connectivity index (χ0) is 18.0. The van der Waals surface area contributed by atoms with Gasteiger partial charge in [0, 0.05) is 24.3 Å². The Morgan fingerprint density at radius 1 is 1.12 bits per heavy atom. The maximum Gasteiger partial charge on any atom is 0.240 e. The first-order chi connectivity index (χ1) is 11.1. The predicted octanol–water partition coefficient (Wildman–Crippen LogP) is 2.54. The number of nitrogen functional groups attached to an aromatic ring is 1. The summed E-state index contributed by atoms with van der Waals surface area (Å²) in [5.41, 5.74) is 8.95. The van der Waals surface area contributed by atoms with Crippen LogP contribution in [0.1, 0.15) is 19.4 Å². The molecule has 0 spiro atoms. The summed E-state index contributed by atoms with van der Waals surface area (Å²) < 4.78 is 27.2. The van der Waals surface area contributed by atoms with E-state index in [1.165, 1.54) is 0 Å². The van der Waals surface area contributed by atoms with E-state index in [4.69, 9.17) is 5.73 Å². The molecule has 2 rings (SSSR count). The lowest BCUT2D eigenvalue weighted by Crippen LogP contribution is -2.36. The van der Waals surface area contributed by atoms with E-state index in [-0.39, 0.29) is 18.0 Å². The van der Waals surface area contributed by atoms with Crippen LogP contribution in [0.5, 0.6) is 0 Å². The molecule has 0 saturated carbocycles. The molecule has 6 heteroatoms. The number of benzene rings is 2. The minimum absolute atomic E-state index is 0.0941. The van der Waals surface area contributed by atoms with E-state index < -0.39 is 15.4 Å². The first-order valence-electron chi connectivity index (χ1n) is 7.72. The minimum Gasteiger partial charge on any atom is -0.399 e. The summed E-state index contributed by atoms with van der Waals surface area (Å²) in [6.45, 7) is 5.64. The summed E-state index contributed by atoms with van der Waals surface area (Å²) in [7, 11) is -3.61. The van der Waals surface area contributed by atoms with Crippen LogP contribution in [0.2, 0.25) is 0 Å². The van der Waals surface area contributed by atoms with Crippen molar-refractivity contribution in [3.8, 4) is 11.1 Å². The number of aryl methyl sites for hydroxylation is 1. The van der Waals surface area contributed by atoms with Gasteiger partial charge in [0.05, 0.1) is 4.90 Å². The van der Waals surface area contributed by atoms with Gasteiger partial charge in [0.1, 0.15) is 0 Å². The highest BCUT2D eigenvalue weighted by molar-refractivity contribution is 7.89. The molecular weight excluding hydrogens is 324 g/mol. The molecule has 0 bridgehead atoms. The molecule has 5 nitrogen and oxygen atoms in total. The Labute approximate surface area is 143 Å². The number of nitrogens with one attached hydrogen (secondary N) is 1. The molecule has 0 heterocycles. The van der Waals surface area contributed by atoms with Crippen LogP contribution in [0.4, 0.5) is 5.69 Å². The largest absolute Gasteiger partial charge is 0.399 e. The molecule has 0 atom stereocenters. The molecular formula is C18H24N2O3S. The monoisotopic (exact) mass is 348 g/mol. The van der Waals surface area contributed by atoms with E-state index in [2.05, 4.69) is 4.72 Å². The number of aliphatic hydroxyl groups excluding tert-OH is 1. The standard InChI is InChI=1S/C18H24N2O3S/c1-13-4-7-15(19)10-17(13)14-5-8-16(9-6-14)24(22,23)20-11-18(2,3)12-21/h4-10,20-21H,11-12,19H2,1-3H3. The smallest absolute Gasteiger partial charge is 0.240 e. The van der Waals surface area contributed by atoms with E-state index in [1.54, 1.807) is 38.1 Å². The van der Waals surface area contributed by atoms with Crippen molar-refractivity contribution in [2.45, 2.75) is 25.7 Å². The molecule has 0 amide bonds. The van der Waals surface area contributed by atoms with Crippen molar-refractivity contribution in [2.75, 3.05) is 18.9 Å². The van der Waals surface area contributed by atoms with Crippen molar-refractivity contribution in [3.05, 3.63) is 48.0 Å². The van der Waals surface area contributed by atoms with Gasteiger partial charge in [-0.2, -0.15) is 0 Å². The fraction of sp³-hybridized carbons (Fsp3) is 0.333. The molecule has 2 aromatic carbocycles. The lowest BCUT2D eigenvalue weighted by Gasteiger charge is -2.21. The minimum atomic E-state index is -3.61. The lowest BCUT2D eigenvalue weighted by molar-refractivity contribution is 0.163. The zero-order valence-corrected chi connectivity index (χ0v) is 15.0. The molecule has 0 fully saturated rings. The third-order valence-corrected chi connectivity index (χ3v) is 5.32. The van der Waals surface area contributed by atoms with Gasteiger partial charge in [0.25, 0.3) is 0 Å². The molecule has 0 aliphatic rings. The Hall–Kier alpha value is -1.89. The summed E-state index contributed by atoms with van der Waals surface area (Å²) in [5, 5.41) is 9.23. The molecule has 2 aromatic rings. The van der Waals surface area contributed by atoms with Gasteiger partial charge in [-0.15, -0.1) is 0 Å². The number of nitrogens with two attached hydrogens (primary N) is 1. The Bertz CT molecular complexity index is 813. The molecule has 0 aromatic heterocycles. The quantitative estimate of drug-likeness (QED) is 0.700. The highest BCUT2D eigenvalue weighted by Gasteiger charge is 2.21. The van der Waals surface area contributed by atoms with Crippen LogP contribution in [0.25, 0.3) is 11.1 Å². The fourth-order valence-corrected chi connectivity index (χ4v) is 3.44. The second-order valence-corrected chi connectivity index (χ2v) is 8.51. The van der Waals surface area contributed by atoms with Gasteiger partial charge in [-0.3, -0.25) is 0 Å². The normalized spacial score (nSPS) is 12.3. The molecule has 4 N–H and O–H groups in total. The van der Waals surface area contributed by atoms with Crippen LogP contribution in [0.15, 0.2) is 47.4 Å². The van der Waals surface area contributed by atoms with Crippen molar-refractivity contribution in [1.82, 2.24) is 4.72 Å². The number of sulfonamides is 1. The molecule has 0 unspecified atom stereocenters. The highest BCUT2D eigenvalue weighted by Crippen LogP contribution is 2.26. The van der Waals surface area contributed by atoms with Gasteiger partial charge < -0.3 is 10.8 Å². The number of anilines is 1. The summed E-state index contributed by atoms with van der Waals surface area (Å²) in [6, 6.07) is 12.3. The first kappa shape index (κ1) is 18.4. The Balaban J connectivity index is 2.24. The molecule has 0 aliphatic carbocycles. The van der Waals surface area contributed by atoms with E-state index in [1.807, 2.05) is 25.1 Å². The second-order valence-electron chi connectivity index (χ2n) is 6.75. The Kier molecular flexibility index (Phi) is 5.32. The number of hydrogen-bond acceptors (Lipinski definition) is 4.